The summed E-state index contributed by atoms with van der Waals surface area (Å²) in [6.07, 6.45) is 0. The first-order valence-electron chi connectivity index (χ1n) is 6.51. The number of sulfonamides is 1. The lowest BCUT2D eigenvalue weighted by atomic mass is 10.0. The lowest BCUT2D eigenvalue weighted by Gasteiger charge is -2.14. The first-order valence-corrected chi connectivity index (χ1v) is 7.99. The third kappa shape index (κ3) is 3.48. The molecule has 0 aliphatic heterocycles. The second kappa shape index (κ2) is 6.50. The average molecular weight is 329 g/mol. The molecular weight excluding hydrogens is 315 g/mol. The van der Waals surface area contributed by atoms with Gasteiger partial charge in [-0.15, -0.1) is 0 Å². The van der Waals surface area contributed by atoms with Gasteiger partial charge in [0.25, 0.3) is 0 Å². The van der Waals surface area contributed by atoms with E-state index in [4.69, 9.17) is 0 Å². The molecule has 0 aliphatic rings. The third-order valence-electron chi connectivity index (χ3n) is 3.24. The topological polar surface area (TPSA) is 46.2 Å². The Bertz CT molecular complexity index is 764. The van der Waals surface area contributed by atoms with E-state index in [1.165, 1.54) is 0 Å². The molecule has 0 radical (unpaired) electrons. The number of hydrogen-bond acceptors (Lipinski definition) is 2. The molecule has 2 rings (SSSR count). The van der Waals surface area contributed by atoms with Crippen molar-refractivity contribution < 1.29 is 21.6 Å². The van der Waals surface area contributed by atoms with Gasteiger partial charge in [0.05, 0.1) is 0 Å². The van der Waals surface area contributed by atoms with E-state index in [0.717, 1.165) is 5.56 Å². The molecule has 0 bridgehead atoms. The van der Waals surface area contributed by atoms with Crippen molar-refractivity contribution in [3.05, 3.63) is 65.5 Å². The van der Waals surface area contributed by atoms with Crippen molar-refractivity contribution in [1.82, 2.24) is 4.72 Å². The Morgan fingerprint density at radius 1 is 1.00 bits per heavy atom. The lowest BCUT2D eigenvalue weighted by molar-refractivity contribution is 0.431. The third-order valence-corrected chi connectivity index (χ3v) is 4.68. The van der Waals surface area contributed by atoms with Crippen LogP contribution in [0.25, 0.3) is 0 Å². The molecule has 0 spiro atoms. The predicted molar refractivity (Wildman–Crippen MR) is 76.4 cm³/mol. The van der Waals surface area contributed by atoms with Gasteiger partial charge in [0, 0.05) is 6.54 Å². The minimum atomic E-state index is -4.26. The summed E-state index contributed by atoms with van der Waals surface area (Å²) >= 11 is 0. The quantitative estimate of drug-likeness (QED) is 0.857. The number of benzene rings is 2. The number of rotatable bonds is 5. The zero-order valence-electron chi connectivity index (χ0n) is 11.7. The molecule has 0 amide bonds. The van der Waals surface area contributed by atoms with Gasteiger partial charge in [-0.05, 0) is 23.6 Å². The number of hydrogen-bond donors (Lipinski definition) is 1. The highest BCUT2D eigenvalue weighted by Crippen LogP contribution is 2.20. The molecule has 1 atom stereocenters. The Hall–Kier alpha value is -1.86. The van der Waals surface area contributed by atoms with Gasteiger partial charge < -0.3 is 0 Å². The molecule has 0 fully saturated rings. The zero-order chi connectivity index (χ0) is 16.3. The zero-order valence-corrected chi connectivity index (χ0v) is 12.5. The SMILES string of the molecule is CC(CNS(=O)(=O)c1ccc(F)c(F)c1F)c1ccccc1. The molecular formula is C15H14F3NO2S. The van der Waals surface area contributed by atoms with E-state index < -0.39 is 32.4 Å². The van der Waals surface area contributed by atoms with Gasteiger partial charge in [-0.2, -0.15) is 0 Å². The van der Waals surface area contributed by atoms with Crippen LogP contribution >= 0.6 is 0 Å². The number of halogens is 3. The van der Waals surface area contributed by atoms with Crippen LogP contribution in [0.3, 0.4) is 0 Å². The van der Waals surface area contributed by atoms with E-state index in [2.05, 4.69) is 4.72 Å². The molecule has 1 N–H and O–H groups in total. The lowest BCUT2D eigenvalue weighted by Crippen LogP contribution is -2.28. The maximum Gasteiger partial charge on any atom is 0.243 e. The largest absolute Gasteiger partial charge is 0.243 e. The van der Waals surface area contributed by atoms with Crippen molar-refractivity contribution >= 4 is 10.0 Å². The Morgan fingerprint density at radius 3 is 2.27 bits per heavy atom. The second-order valence-electron chi connectivity index (χ2n) is 4.84. The van der Waals surface area contributed by atoms with Crippen LogP contribution in [0.4, 0.5) is 13.2 Å². The fourth-order valence-electron chi connectivity index (χ4n) is 1.93. The maximum absolute atomic E-state index is 13.6. The van der Waals surface area contributed by atoms with Gasteiger partial charge in [0.1, 0.15) is 4.90 Å². The van der Waals surface area contributed by atoms with E-state index in [-0.39, 0.29) is 12.5 Å². The minimum Gasteiger partial charge on any atom is -0.210 e. The summed E-state index contributed by atoms with van der Waals surface area (Å²) in [5.41, 5.74) is 0.899. The Balaban J connectivity index is 2.17. The predicted octanol–water partition coefficient (Wildman–Crippen LogP) is 3.19. The van der Waals surface area contributed by atoms with Crippen LogP contribution in [0.5, 0.6) is 0 Å². The van der Waals surface area contributed by atoms with E-state index in [9.17, 15) is 21.6 Å². The van der Waals surface area contributed by atoms with Crippen LogP contribution in [0.2, 0.25) is 0 Å². The fraction of sp³-hybridized carbons (Fsp3) is 0.200. The Morgan fingerprint density at radius 2 is 1.64 bits per heavy atom. The first kappa shape index (κ1) is 16.5. The molecule has 0 aliphatic carbocycles. The monoisotopic (exact) mass is 329 g/mol. The molecule has 0 aromatic heterocycles. The maximum atomic E-state index is 13.6. The molecule has 7 heteroatoms. The minimum absolute atomic E-state index is 0.00474. The molecule has 3 nitrogen and oxygen atoms in total. The summed E-state index contributed by atoms with van der Waals surface area (Å²) in [6, 6.07) is 10.4. The number of nitrogens with one attached hydrogen (secondary N) is 1. The summed E-state index contributed by atoms with van der Waals surface area (Å²) < 4.78 is 65.8. The fourth-order valence-corrected chi connectivity index (χ4v) is 3.13. The van der Waals surface area contributed by atoms with Crippen LogP contribution in [0.1, 0.15) is 18.4 Å². The van der Waals surface area contributed by atoms with E-state index >= 15 is 0 Å². The summed E-state index contributed by atoms with van der Waals surface area (Å²) in [4.78, 5) is -0.910. The van der Waals surface area contributed by atoms with Crippen LogP contribution in [0.15, 0.2) is 47.4 Å². The highest BCUT2D eigenvalue weighted by molar-refractivity contribution is 7.89. The highest BCUT2D eigenvalue weighted by Gasteiger charge is 2.24. The summed E-state index contributed by atoms with van der Waals surface area (Å²) in [7, 11) is -4.26. The van der Waals surface area contributed by atoms with Gasteiger partial charge in [0.2, 0.25) is 10.0 Å². The van der Waals surface area contributed by atoms with E-state index in [0.29, 0.717) is 12.1 Å². The second-order valence-corrected chi connectivity index (χ2v) is 6.57. The summed E-state index contributed by atoms with van der Waals surface area (Å²) in [5, 5.41) is 0. The molecule has 0 saturated heterocycles. The molecule has 2 aromatic carbocycles. The van der Waals surface area contributed by atoms with Crippen molar-refractivity contribution in [2.75, 3.05) is 6.54 Å². The smallest absolute Gasteiger partial charge is 0.210 e. The van der Waals surface area contributed by atoms with E-state index in [1.807, 2.05) is 30.3 Å². The van der Waals surface area contributed by atoms with Crippen LogP contribution in [-0.4, -0.2) is 15.0 Å². The van der Waals surface area contributed by atoms with Crippen molar-refractivity contribution in [2.24, 2.45) is 0 Å². The summed E-state index contributed by atoms with van der Waals surface area (Å²) in [5.74, 6) is -5.13. The molecule has 0 heterocycles. The van der Waals surface area contributed by atoms with Crippen molar-refractivity contribution in [3.63, 3.8) is 0 Å². The normalized spacial score (nSPS) is 13.1. The van der Waals surface area contributed by atoms with Gasteiger partial charge in [-0.25, -0.2) is 26.3 Å². The first-order chi connectivity index (χ1) is 10.3. The average Bonchev–Trinajstić information content (AvgIpc) is 2.51. The standard InChI is InChI=1S/C15H14F3NO2S/c1-10(11-5-3-2-4-6-11)9-19-22(20,21)13-8-7-12(16)14(17)15(13)18/h2-8,10,19H,9H2,1H3. The van der Waals surface area contributed by atoms with E-state index in [1.54, 1.807) is 6.92 Å². The molecule has 22 heavy (non-hydrogen) atoms. The van der Waals surface area contributed by atoms with Crippen molar-refractivity contribution in [2.45, 2.75) is 17.7 Å². The van der Waals surface area contributed by atoms with Gasteiger partial charge in [-0.3, -0.25) is 0 Å². The van der Waals surface area contributed by atoms with Crippen molar-refractivity contribution in [1.29, 1.82) is 0 Å². The Labute approximate surface area is 126 Å². The van der Waals surface area contributed by atoms with Gasteiger partial charge >= 0.3 is 0 Å². The molecule has 2 aromatic rings. The van der Waals surface area contributed by atoms with Gasteiger partial charge in [-0.1, -0.05) is 37.3 Å². The molecule has 118 valence electrons. The van der Waals surface area contributed by atoms with Crippen LogP contribution in [0, 0.1) is 17.5 Å². The highest BCUT2D eigenvalue weighted by atomic mass is 32.2. The summed E-state index contributed by atoms with van der Waals surface area (Å²) in [6.45, 7) is 1.80. The van der Waals surface area contributed by atoms with Gasteiger partial charge in [0.15, 0.2) is 17.5 Å². The molecule has 0 saturated carbocycles. The molecule has 1 unspecified atom stereocenters. The van der Waals surface area contributed by atoms with Crippen LogP contribution < -0.4 is 4.72 Å². The van der Waals surface area contributed by atoms with Crippen molar-refractivity contribution in [3.8, 4) is 0 Å². The Kier molecular flexibility index (Phi) is 4.87. The van der Waals surface area contributed by atoms with Crippen LogP contribution in [-0.2, 0) is 10.0 Å².